The van der Waals surface area contributed by atoms with Crippen molar-refractivity contribution in [2.75, 3.05) is 38.1 Å². The summed E-state index contributed by atoms with van der Waals surface area (Å²) < 4.78 is 3.13. The van der Waals surface area contributed by atoms with E-state index in [1.165, 1.54) is 4.70 Å². The van der Waals surface area contributed by atoms with Crippen LogP contribution in [0.4, 0.5) is 5.82 Å². The van der Waals surface area contributed by atoms with E-state index in [0.29, 0.717) is 5.82 Å². The summed E-state index contributed by atoms with van der Waals surface area (Å²) in [6.07, 6.45) is 0.936. The third-order valence-corrected chi connectivity index (χ3v) is 5.77. The van der Waals surface area contributed by atoms with Gasteiger partial charge in [0.2, 0.25) is 0 Å². The van der Waals surface area contributed by atoms with E-state index in [-0.39, 0.29) is 5.56 Å². The van der Waals surface area contributed by atoms with Crippen molar-refractivity contribution in [2.45, 2.75) is 19.9 Å². The molecule has 1 saturated heterocycles. The summed E-state index contributed by atoms with van der Waals surface area (Å²) in [6.45, 7) is 6.52. The highest BCUT2D eigenvalue weighted by molar-refractivity contribution is 7.25. The van der Waals surface area contributed by atoms with E-state index in [0.717, 1.165) is 54.9 Å². The highest BCUT2D eigenvalue weighted by Crippen LogP contribution is 2.32. The molecule has 1 aliphatic rings. The largest absolute Gasteiger partial charge is 0.349 e. The van der Waals surface area contributed by atoms with Crippen LogP contribution >= 0.6 is 11.3 Å². The molecule has 2 aromatic heterocycles. The molecule has 1 fully saturated rings. The molecule has 0 spiro atoms. The maximum absolute atomic E-state index is 13.1. The molecule has 0 atom stereocenters. The average Bonchev–Trinajstić information content (AvgIpc) is 2.96. The zero-order chi connectivity index (χ0) is 16.7. The number of hydrogen-bond acceptors (Lipinski definition) is 5. The molecule has 126 valence electrons. The first-order chi connectivity index (χ1) is 11.7. The van der Waals surface area contributed by atoms with Crippen LogP contribution in [0.2, 0.25) is 0 Å². The van der Waals surface area contributed by atoms with Crippen molar-refractivity contribution in [2.24, 2.45) is 0 Å². The second-order valence-corrected chi connectivity index (χ2v) is 7.47. The number of aryl methyl sites for hydroxylation is 1. The molecule has 1 aromatic carbocycles. The van der Waals surface area contributed by atoms with Gasteiger partial charge in [0, 0.05) is 42.8 Å². The zero-order valence-corrected chi connectivity index (χ0v) is 15.0. The van der Waals surface area contributed by atoms with Gasteiger partial charge in [0.25, 0.3) is 5.56 Å². The van der Waals surface area contributed by atoms with Gasteiger partial charge in [-0.2, -0.15) is 0 Å². The molecule has 0 radical (unpaired) electrons. The summed E-state index contributed by atoms with van der Waals surface area (Å²) in [4.78, 5) is 23.4. The number of likely N-dealkylation sites (N-methyl/N-ethyl adjacent to an activating group) is 1. The molecule has 3 aromatic rings. The third-order valence-electron chi connectivity index (χ3n) is 4.72. The highest BCUT2D eigenvalue weighted by Gasteiger charge is 2.22. The van der Waals surface area contributed by atoms with Crippen LogP contribution in [-0.4, -0.2) is 47.7 Å². The number of thiophene rings is 1. The van der Waals surface area contributed by atoms with Gasteiger partial charge in [-0.3, -0.25) is 4.79 Å². The Kier molecular flexibility index (Phi) is 4.02. The van der Waals surface area contributed by atoms with E-state index in [4.69, 9.17) is 4.98 Å². The van der Waals surface area contributed by atoms with Gasteiger partial charge in [-0.25, -0.2) is 4.98 Å². The van der Waals surface area contributed by atoms with Gasteiger partial charge < -0.3 is 14.4 Å². The summed E-state index contributed by atoms with van der Waals surface area (Å²) in [6, 6.07) is 8.28. The molecule has 0 bridgehead atoms. The fourth-order valence-corrected chi connectivity index (χ4v) is 4.46. The number of aromatic nitrogens is 2. The molecular weight excluding hydrogens is 320 g/mol. The van der Waals surface area contributed by atoms with Crippen molar-refractivity contribution in [3.05, 3.63) is 34.6 Å². The quantitative estimate of drug-likeness (QED) is 0.734. The maximum Gasteiger partial charge on any atom is 0.294 e. The van der Waals surface area contributed by atoms with E-state index in [2.05, 4.69) is 35.9 Å². The third kappa shape index (κ3) is 2.50. The lowest BCUT2D eigenvalue weighted by Crippen LogP contribution is -2.47. The first-order valence-corrected chi connectivity index (χ1v) is 9.36. The summed E-state index contributed by atoms with van der Waals surface area (Å²) in [7, 11) is 2.12. The summed E-state index contributed by atoms with van der Waals surface area (Å²) in [5, 5.41) is 1.14. The van der Waals surface area contributed by atoms with Crippen molar-refractivity contribution in [3.8, 4) is 0 Å². The molecule has 24 heavy (non-hydrogen) atoms. The lowest BCUT2D eigenvalue weighted by Gasteiger charge is -2.32. The van der Waals surface area contributed by atoms with Crippen molar-refractivity contribution >= 4 is 37.6 Å². The smallest absolute Gasteiger partial charge is 0.294 e. The van der Waals surface area contributed by atoms with E-state index in [1.54, 1.807) is 11.3 Å². The van der Waals surface area contributed by atoms with E-state index < -0.39 is 0 Å². The number of nitrogens with zero attached hydrogens (tertiary/aromatic N) is 4. The number of rotatable bonds is 3. The predicted molar refractivity (Wildman–Crippen MR) is 101 cm³/mol. The molecule has 0 N–H and O–H groups in total. The standard InChI is InChI=1S/C18H22N4OS/c1-3-8-22-15-13-6-4-5-7-14(13)24-17(15)19-16(18(22)23)21-11-9-20(2)10-12-21/h4-7H,3,8-12H2,1-2H3. The highest BCUT2D eigenvalue weighted by atomic mass is 32.1. The Hall–Kier alpha value is -1.92. The Morgan fingerprint density at radius 1 is 1.17 bits per heavy atom. The number of anilines is 1. The maximum atomic E-state index is 13.1. The second kappa shape index (κ2) is 6.18. The minimum absolute atomic E-state index is 0.0532. The number of fused-ring (bicyclic) bond motifs is 3. The van der Waals surface area contributed by atoms with E-state index in [9.17, 15) is 4.79 Å². The van der Waals surface area contributed by atoms with Crippen LogP contribution in [0.5, 0.6) is 0 Å². The number of benzene rings is 1. The van der Waals surface area contributed by atoms with Crippen LogP contribution in [0, 0.1) is 0 Å². The Bertz CT molecular complexity index is 937. The Balaban J connectivity index is 1.94. The zero-order valence-electron chi connectivity index (χ0n) is 14.2. The van der Waals surface area contributed by atoms with Crippen molar-refractivity contribution < 1.29 is 0 Å². The lowest BCUT2D eigenvalue weighted by atomic mass is 10.2. The molecule has 0 unspecified atom stereocenters. The van der Waals surface area contributed by atoms with Crippen molar-refractivity contribution in [1.82, 2.24) is 14.5 Å². The normalized spacial score (nSPS) is 16.3. The topological polar surface area (TPSA) is 41.4 Å². The average molecular weight is 342 g/mol. The molecule has 0 saturated carbocycles. The van der Waals surface area contributed by atoms with Crippen LogP contribution in [0.25, 0.3) is 20.4 Å². The minimum atomic E-state index is 0.0532. The molecule has 5 nitrogen and oxygen atoms in total. The van der Waals surface area contributed by atoms with E-state index >= 15 is 0 Å². The fraction of sp³-hybridized carbons (Fsp3) is 0.444. The number of piperazine rings is 1. The molecule has 0 aliphatic carbocycles. The molecule has 6 heteroatoms. The second-order valence-electron chi connectivity index (χ2n) is 6.43. The van der Waals surface area contributed by atoms with Gasteiger partial charge in [-0.05, 0) is 19.5 Å². The Labute approximate surface area is 145 Å². The van der Waals surface area contributed by atoms with Crippen LogP contribution in [0.15, 0.2) is 29.1 Å². The first kappa shape index (κ1) is 15.6. The molecule has 0 amide bonds. The summed E-state index contributed by atoms with van der Waals surface area (Å²) in [5.74, 6) is 0.621. The van der Waals surface area contributed by atoms with E-state index in [1.807, 2.05) is 16.7 Å². The monoisotopic (exact) mass is 342 g/mol. The first-order valence-electron chi connectivity index (χ1n) is 8.54. The lowest BCUT2D eigenvalue weighted by molar-refractivity contribution is 0.311. The molecule has 1 aliphatic heterocycles. The van der Waals surface area contributed by atoms with Gasteiger partial charge in [0.15, 0.2) is 5.82 Å². The van der Waals surface area contributed by atoms with Gasteiger partial charge in [-0.15, -0.1) is 11.3 Å². The minimum Gasteiger partial charge on any atom is -0.349 e. The summed E-state index contributed by atoms with van der Waals surface area (Å²) >= 11 is 1.68. The van der Waals surface area contributed by atoms with Gasteiger partial charge in [0.05, 0.1) is 5.52 Å². The van der Waals surface area contributed by atoms with Gasteiger partial charge >= 0.3 is 0 Å². The Morgan fingerprint density at radius 3 is 2.67 bits per heavy atom. The van der Waals surface area contributed by atoms with Crippen molar-refractivity contribution in [1.29, 1.82) is 0 Å². The van der Waals surface area contributed by atoms with Crippen LogP contribution in [0.3, 0.4) is 0 Å². The summed E-state index contributed by atoms with van der Waals surface area (Å²) in [5.41, 5.74) is 1.05. The molecular formula is C18H22N4OS. The number of hydrogen-bond donors (Lipinski definition) is 0. The SMILES string of the molecule is CCCn1c(=O)c(N2CCN(C)CC2)nc2sc3ccccc3c21. The van der Waals surface area contributed by atoms with Crippen molar-refractivity contribution in [3.63, 3.8) is 0 Å². The fourth-order valence-electron chi connectivity index (χ4n) is 3.38. The Morgan fingerprint density at radius 2 is 1.92 bits per heavy atom. The van der Waals surface area contributed by atoms with Crippen LogP contribution in [-0.2, 0) is 6.54 Å². The predicted octanol–water partition coefficient (Wildman–Crippen LogP) is 2.77. The van der Waals surface area contributed by atoms with Gasteiger partial charge in [0.1, 0.15) is 4.83 Å². The molecule has 4 rings (SSSR count). The molecule has 3 heterocycles. The van der Waals surface area contributed by atoms with Crippen LogP contribution in [0.1, 0.15) is 13.3 Å². The van der Waals surface area contributed by atoms with Gasteiger partial charge in [-0.1, -0.05) is 25.1 Å². The van der Waals surface area contributed by atoms with Crippen LogP contribution < -0.4 is 10.5 Å².